The molecule has 0 spiro atoms. The van der Waals surface area contributed by atoms with Crippen molar-refractivity contribution in [3.8, 4) is 0 Å². The van der Waals surface area contributed by atoms with Crippen LogP contribution in [0.2, 0.25) is 0 Å². The van der Waals surface area contributed by atoms with Crippen molar-refractivity contribution in [2.75, 3.05) is 39.3 Å². The molecule has 3 rings (SSSR count). The molecule has 2 saturated heterocycles. The first kappa shape index (κ1) is 23.1. The summed E-state index contributed by atoms with van der Waals surface area (Å²) in [7, 11) is 0. The molecule has 1 atom stereocenters. The molecule has 3 heterocycles. The van der Waals surface area contributed by atoms with Crippen molar-refractivity contribution in [3.05, 3.63) is 18.2 Å². The number of piperazine rings is 1. The first-order valence-corrected chi connectivity index (χ1v) is 8.64. The number of imidazole rings is 1. The quantitative estimate of drug-likeness (QED) is 0.776. The molecular weight excluding hydrogens is 387 g/mol. The molecule has 2 fully saturated rings. The Morgan fingerprint density at radius 3 is 2.62 bits per heavy atom. The van der Waals surface area contributed by atoms with Crippen LogP contribution in [0, 0.1) is 5.92 Å². The lowest BCUT2D eigenvalue weighted by atomic mass is 10.0. The second kappa shape index (κ2) is 11.0. The molecule has 2 aliphatic heterocycles. The fraction of sp³-hybridized carbons (Fsp3) is 0.750. The third kappa shape index (κ3) is 6.04. The van der Waals surface area contributed by atoms with Gasteiger partial charge in [0.2, 0.25) is 5.91 Å². The number of carbonyl (C=O) groups excluding carboxylic acids is 1. The summed E-state index contributed by atoms with van der Waals surface area (Å²) in [5, 5.41) is 3.32. The van der Waals surface area contributed by atoms with Gasteiger partial charge in [-0.2, -0.15) is 8.78 Å². The van der Waals surface area contributed by atoms with Crippen LogP contribution in [-0.4, -0.2) is 64.5 Å². The summed E-state index contributed by atoms with van der Waals surface area (Å²) in [6.07, 6.45) is 5.44. The Bertz CT molecular complexity index is 546. The molecule has 1 aromatic rings. The van der Waals surface area contributed by atoms with E-state index in [1.54, 1.807) is 0 Å². The van der Waals surface area contributed by atoms with E-state index in [0.29, 0.717) is 50.9 Å². The Morgan fingerprint density at radius 2 is 2.00 bits per heavy atom. The highest BCUT2D eigenvalue weighted by atomic mass is 35.5. The van der Waals surface area contributed by atoms with Gasteiger partial charge in [-0.3, -0.25) is 14.3 Å². The smallest absolute Gasteiger partial charge is 0.319 e. The number of nitrogens with zero attached hydrogens (tertiary/aromatic N) is 4. The lowest BCUT2D eigenvalue weighted by Gasteiger charge is -2.34. The van der Waals surface area contributed by atoms with E-state index < -0.39 is 6.55 Å². The summed E-state index contributed by atoms with van der Waals surface area (Å²) in [6.45, 7) is 2.65. The van der Waals surface area contributed by atoms with Gasteiger partial charge >= 0.3 is 6.55 Å². The maximum Gasteiger partial charge on any atom is 0.319 e. The molecule has 1 aromatic heterocycles. The molecule has 0 aliphatic carbocycles. The lowest BCUT2D eigenvalue weighted by Crippen LogP contribution is -2.48. The largest absolute Gasteiger partial charge is 0.340 e. The summed E-state index contributed by atoms with van der Waals surface area (Å²) in [5.74, 6) is 1.22. The first-order chi connectivity index (χ1) is 11.6. The zero-order valence-corrected chi connectivity index (χ0v) is 16.3. The SMILES string of the molecule is Cl.Cl.O=C(CCC1CCNC1)N1CCN(Cc2nccn2C(F)F)CC1. The Hall–Kier alpha value is -0.960. The number of hydrogen-bond acceptors (Lipinski definition) is 4. The number of aromatic nitrogens is 2. The number of hydrogen-bond donors (Lipinski definition) is 1. The van der Waals surface area contributed by atoms with Crippen molar-refractivity contribution in [1.29, 1.82) is 0 Å². The highest BCUT2D eigenvalue weighted by Gasteiger charge is 2.24. The highest BCUT2D eigenvalue weighted by molar-refractivity contribution is 5.85. The van der Waals surface area contributed by atoms with E-state index in [-0.39, 0.29) is 30.7 Å². The maximum absolute atomic E-state index is 12.8. The summed E-state index contributed by atoms with van der Waals surface area (Å²) >= 11 is 0. The molecule has 10 heteroatoms. The Kier molecular flexibility index (Phi) is 9.78. The van der Waals surface area contributed by atoms with Crippen molar-refractivity contribution < 1.29 is 13.6 Å². The minimum absolute atomic E-state index is 0. The van der Waals surface area contributed by atoms with Crippen molar-refractivity contribution in [2.24, 2.45) is 5.92 Å². The van der Waals surface area contributed by atoms with Gasteiger partial charge in [0.15, 0.2) is 0 Å². The molecule has 1 unspecified atom stereocenters. The summed E-state index contributed by atoms with van der Waals surface area (Å²) in [5.41, 5.74) is 0. The van der Waals surface area contributed by atoms with Crippen LogP contribution in [0.4, 0.5) is 8.78 Å². The molecule has 6 nitrogen and oxygen atoms in total. The number of rotatable bonds is 6. The van der Waals surface area contributed by atoms with Gasteiger partial charge in [-0.25, -0.2) is 4.98 Å². The van der Waals surface area contributed by atoms with Gasteiger partial charge in [0.05, 0.1) is 6.54 Å². The summed E-state index contributed by atoms with van der Waals surface area (Å²) < 4.78 is 26.6. The van der Waals surface area contributed by atoms with Gasteiger partial charge in [-0.05, 0) is 31.8 Å². The van der Waals surface area contributed by atoms with E-state index in [1.807, 2.05) is 4.90 Å². The van der Waals surface area contributed by atoms with Crippen LogP contribution < -0.4 is 5.32 Å². The minimum Gasteiger partial charge on any atom is -0.340 e. The molecule has 2 aliphatic rings. The topological polar surface area (TPSA) is 53.4 Å². The maximum atomic E-state index is 12.8. The third-order valence-electron chi connectivity index (χ3n) is 4.98. The fourth-order valence-electron chi connectivity index (χ4n) is 3.45. The van der Waals surface area contributed by atoms with Gasteiger partial charge < -0.3 is 10.2 Å². The van der Waals surface area contributed by atoms with E-state index in [1.165, 1.54) is 12.4 Å². The molecule has 0 aromatic carbocycles. The second-order valence-electron chi connectivity index (χ2n) is 6.58. The van der Waals surface area contributed by atoms with Crippen LogP contribution in [0.15, 0.2) is 12.4 Å². The minimum atomic E-state index is -2.56. The Morgan fingerprint density at radius 1 is 1.27 bits per heavy atom. The lowest BCUT2D eigenvalue weighted by molar-refractivity contribution is -0.133. The van der Waals surface area contributed by atoms with Crippen LogP contribution in [0.5, 0.6) is 0 Å². The molecular formula is C16H27Cl2F2N5O. The summed E-state index contributed by atoms with van der Waals surface area (Å²) in [6, 6.07) is 0. The molecule has 1 N–H and O–H groups in total. The van der Waals surface area contributed by atoms with Crippen molar-refractivity contribution >= 4 is 30.7 Å². The van der Waals surface area contributed by atoms with Gasteiger partial charge in [-0.1, -0.05) is 0 Å². The predicted molar refractivity (Wildman–Crippen MR) is 100 cm³/mol. The third-order valence-corrected chi connectivity index (χ3v) is 4.98. The van der Waals surface area contributed by atoms with E-state index in [9.17, 15) is 13.6 Å². The van der Waals surface area contributed by atoms with Crippen LogP contribution in [-0.2, 0) is 11.3 Å². The average molecular weight is 414 g/mol. The second-order valence-corrected chi connectivity index (χ2v) is 6.58. The van der Waals surface area contributed by atoms with Crippen LogP contribution in [0.25, 0.3) is 0 Å². The van der Waals surface area contributed by atoms with Crippen LogP contribution in [0.3, 0.4) is 0 Å². The first-order valence-electron chi connectivity index (χ1n) is 8.64. The van der Waals surface area contributed by atoms with Crippen molar-refractivity contribution in [1.82, 2.24) is 24.7 Å². The van der Waals surface area contributed by atoms with E-state index in [4.69, 9.17) is 0 Å². The molecule has 1 amide bonds. The van der Waals surface area contributed by atoms with Gasteiger partial charge in [0, 0.05) is 45.0 Å². The number of halogens is 4. The fourth-order valence-corrected chi connectivity index (χ4v) is 3.45. The summed E-state index contributed by atoms with van der Waals surface area (Å²) in [4.78, 5) is 20.3. The standard InChI is InChI=1S/C16H25F2N5O.2ClH/c17-16(18)23-6-5-20-14(23)12-21-7-9-22(10-8-21)15(24)2-1-13-3-4-19-11-13;;/h5-6,13,16,19H,1-4,7-12H2;2*1H. The number of nitrogens with one attached hydrogen (secondary N) is 1. The van der Waals surface area contributed by atoms with Crippen LogP contribution in [0.1, 0.15) is 31.6 Å². The van der Waals surface area contributed by atoms with Gasteiger partial charge in [-0.15, -0.1) is 24.8 Å². The van der Waals surface area contributed by atoms with E-state index >= 15 is 0 Å². The average Bonchev–Trinajstić information content (AvgIpc) is 3.25. The zero-order valence-electron chi connectivity index (χ0n) is 14.6. The molecule has 0 saturated carbocycles. The van der Waals surface area contributed by atoms with E-state index in [2.05, 4.69) is 15.2 Å². The van der Waals surface area contributed by atoms with Crippen LogP contribution >= 0.6 is 24.8 Å². The number of alkyl halides is 2. The van der Waals surface area contributed by atoms with E-state index in [0.717, 1.165) is 30.5 Å². The molecule has 26 heavy (non-hydrogen) atoms. The highest BCUT2D eigenvalue weighted by Crippen LogP contribution is 2.17. The predicted octanol–water partition coefficient (Wildman–Crippen LogP) is 2.16. The normalized spacial score (nSPS) is 20.7. The Balaban J connectivity index is 0.00000169. The monoisotopic (exact) mass is 413 g/mol. The Labute approximate surface area is 165 Å². The van der Waals surface area contributed by atoms with Gasteiger partial charge in [0.25, 0.3) is 0 Å². The number of amides is 1. The van der Waals surface area contributed by atoms with Crippen molar-refractivity contribution in [2.45, 2.75) is 32.4 Å². The molecule has 0 bridgehead atoms. The van der Waals surface area contributed by atoms with Gasteiger partial charge in [0.1, 0.15) is 5.82 Å². The molecule has 0 radical (unpaired) electrons. The molecule has 150 valence electrons. The number of carbonyl (C=O) groups is 1. The zero-order chi connectivity index (χ0) is 16.9. The van der Waals surface area contributed by atoms with Crippen molar-refractivity contribution in [3.63, 3.8) is 0 Å².